The summed E-state index contributed by atoms with van der Waals surface area (Å²) < 4.78 is 5.56. The van der Waals surface area contributed by atoms with Crippen molar-refractivity contribution >= 4 is 16.5 Å². The van der Waals surface area contributed by atoms with Gasteiger partial charge in [0.25, 0.3) is 0 Å². The van der Waals surface area contributed by atoms with E-state index in [1.165, 1.54) is 11.3 Å². The van der Waals surface area contributed by atoms with Crippen LogP contribution in [0, 0.1) is 5.92 Å². The molecule has 1 aromatic rings. The number of nitrogens with zero attached hydrogens (tertiary/aromatic N) is 2. The van der Waals surface area contributed by atoms with Crippen LogP contribution in [0.3, 0.4) is 0 Å². The molecule has 0 aliphatic carbocycles. The van der Waals surface area contributed by atoms with Gasteiger partial charge in [-0.15, -0.1) is 11.3 Å². The van der Waals surface area contributed by atoms with Crippen molar-refractivity contribution in [3.05, 3.63) is 11.1 Å². The molecule has 1 aromatic heterocycles. The summed E-state index contributed by atoms with van der Waals surface area (Å²) in [6.07, 6.45) is 4.73. The molecule has 4 nitrogen and oxygen atoms in total. The van der Waals surface area contributed by atoms with Crippen LogP contribution in [0.1, 0.15) is 31.6 Å². The van der Waals surface area contributed by atoms with E-state index in [1.54, 1.807) is 11.3 Å². The van der Waals surface area contributed by atoms with Gasteiger partial charge in [-0.05, 0) is 25.3 Å². The molecule has 1 aliphatic rings. The summed E-state index contributed by atoms with van der Waals surface area (Å²) in [5.74, 6) is 0.671. The number of piperidine rings is 1. The van der Waals surface area contributed by atoms with Gasteiger partial charge in [-0.1, -0.05) is 13.8 Å². The SMILES string of the molecule is CCCNc1ncc(CN2CCC(C)C(OC)C2)s1. The van der Waals surface area contributed by atoms with Crippen molar-refractivity contribution in [2.75, 3.05) is 32.1 Å². The van der Waals surface area contributed by atoms with Gasteiger partial charge in [-0.25, -0.2) is 4.98 Å². The zero-order valence-corrected chi connectivity index (χ0v) is 13.0. The third-order valence-electron chi connectivity index (χ3n) is 3.74. The molecule has 0 amide bonds. The van der Waals surface area contributed by atoms with Gasteiger partial charge in [0.2, 0.25) is 0 Å². The van der Waals surface area contributed by atoms with E-state index >= 15 is 0 Å². The van der Waals surface area contributed by atoms with Crippen LogP contribution >= 0.6 is 11.3 Å². The lowest BCUT2D eigenvalue weighted by Gasteiger charge is -2.35. The van der Waals surface area contributed by atoms with Crippen molar-refractivity contribution in [3.63, 3.8) is 0 Å². The van der Waals surface area contributed by atoms with Crippen LogP contribution in [-0.4, -0.2) is 42.7 Å². The van der Waals surface area contributed by atoms with Crippen LogP contribution in [0.25, 0.3) is 0 Å². The number of methoxy groups -OCH3 is 1. The third kappa shape index (κ3) is 4.16. The maximum absolute atomic E-state index is 5.56. The van der Waals surface area contributed by atoms with Gasteiger partial charge in [0.05, 0.1) is 6.10 Å². The van der Waals surface area contributed by atoms with Gasteiger partial charge in [0.15, 0.2) is 5.13 Å². The first-order chi connectivity index (χ1) is 9.22. The molecule has 2 unspecified atom stereocenters. The lowest BCUT2D eigenvalue weighted by atomic mass is 9.96. The van der Waals surface area contributed by atoms with Crippen LogP contribution in [0.2, 0.25) is 0 Å². The van der Waals surface area contributed by atoms with E-state index < -0.39 is 0 Å². The Kier molecular flexibility index (Phi) is 5.60. The fourth-order valence-corrected chi connectivity index (χ4v) is 3.34. The fourth-order valence-electron chi connectivity index (χ4n) is 2.46. The largest absolute Gasteiger partial charge is 0.380 e. The Bertz CT molecular complexity index is 383. The quantitative estimate of drug-likeness (QED) is 0.871. The first-order valence-electron chi connectivity index (χ1n) is 7.16. The Hall–Kier alpha value is -0.650. The number of ether oxygens (including phenoxy) is 1. The standard InChI is InChI=1S/C14H25N3OS/c1-4-6-15-14-16-8-12(19-14)9-17-7-5-11(2)13(10-17)18-3/h8,11,13H,4-7,9-10H2,1-3H3,(H,15,16). The van der Waals surface area contributed by atoms with Crippen LogP contribution < -0.4 is 5.32 Å². The number of hydrogen-bond donors (Lipinski definition) is 1. The van der Waals surface area contributed by atoms with Crippen LogP contribution in [-0.2, 0) is 11.3 Å². The van der Waals surface area contributed by atoms with Crippen LogP contribution in [0.4, 0.5) is 5.13 Å². The maximum atomic E-state index is 5.56. The molecule has 0 radical (unpaired) electrons. The van der Waals surface area contributed by atoms with Gasteiger partial charge >= 0.3 is 0 Å². The summed E-state index contributed by atoms with van der Waals surface area (Å²) in [6, 6.07) is 0. The van der Waals surface area contributed by atoms with Crippen LogP contribution in [0.15, 0.2) is 6.20 Å². The zero-order chi connectivity index (χ0) is 13.7. The predicted molar refractivity (Wildman–Crippen MR) is 80.7 cm³/mol. The van der Waals surface area contributed by atoms with Gasteiger partial charge in [-0.2, -0.15) is 0 Å². The van der Waals surface area contributed by atoms with Gasteiger partial charge in [0, 0.05) is 37.8 Å². The van der Waals surface area contributed by atoms with Crippen molar-refractivity contribution in [2.45, 2.75) is 39.3 Å². The molecular weight excluding hydrogens is 258 g/mol. The Morgan fingerprint density at radius 1 is 1.58 bits per heavy atom. The number of aromatic nitrogens is 1. The van der Waals surface area contributed by atoms with Crippen molar-refractivity contribution in [3.8, 4) is 0 Å². The molecular formula is C14H25N3OS. The van der Waals surface area contributed by atoms with E-state index in [0.717, 1.165) is 37.7 Å². The lowest BCUT2D eigenvalue weighted by molar-refractivity contribution is -0.00717. The summed E-state index contributed by atoms with van der Waals surface area (Å²) in [5.41, 5.74) is 0. The smallest absolute Gasteiger partial charge is 0.182 e. The Labute approximate surface area is 120 Å². The van der Waals surface area contributed by atoms with Gasteiger partial charge in [0.1, 0.15) is 0 Å². The highest BCUT2D eigenvalue weighted by atomic mass is 32.1. The van der Waals surface area contributed by atoms with E-state index in [9.17, 15) is 0 Å². The van der Waals surface area contributed by atoms with E-state index in [4.69, 9.17) is 4.74 Å². The molecule has 2 heterocycles. The molecule has 0 bridgehead atoms. The highest BCUT2D eigenvalue weighted by Crippen LogP contribution is 2.24. The van der Waals surface area contributed by atoms with Crippen molar-refractivity contribution < 1.29 is 4.74 Å². The predicted octanol–water partition coefficient (Wildman–Crippen LogP) is 2.82. The third-order valence-corrected chi connectivity index (χ3v) is 4.68. The van der Waals surface area contributed by atoms with Crippen molar-refractivity contribution in [2.24, 2.45) is 5.92 Å². The minimum absolute atomic E-state index is 0.374. The summed E-state index contributed by atoms with van der Waals surface area (Å²) in [6.45, 7) is 8.65. The topological polar surface area (TPSA) is 37.4 Å². The molecule has 1 fully saturated rings. The number of rotatable bonds is 6. The second-order valence-corrected chi connectivity index (χ2v) is 6.45. The fraction of sp³-hybridized carbons (Fsp3) is 0.786. The molecule has 0 spiro atoms. The van der Waals surface area contributed by atoms with Gasteiger partial charge < -0.3 is 10.1 Å². The Balaban J connectivity index is 1.85. The second-order valence-electron chi connectivity index (χ2n) is 5.33. The Morgan fingerprint density at radius 3 is 3.16 bits per heavy atom. The van der Waals surface area contributed by atoms with E-state index in [0.29, 0.717) is 12.0 Å². The van der Waals surface area contributed by atoms with Crippen LogP contribution in [0.5, 0.6) is 0 Å². The lowest BCUT2D eigenvalue weighted by Crippen LogP contribution is -2.43. The molecule has 19 heavy (non-hydrogen) atoms. The first-order valence-corrected chi connectivity index (χ1v) is 7.98. The van der Waals surface area contributed by atoms with Gasteiger partial charge in [-0.3, -0.25) is 4.90 Å². The van der Waals surface area contributed by atoms with E-state index in [-0.39, 0.29) is 0 Å². The molecule has 2 atom stereocenters. The monoisotopic (exact) mass is 283 g/mol. The number of likely N-dealkylation sites (tertiary alicyclic amines) is 1. The molecule has 1 N–H and O–H groups in total. The Morgan fingerprint density at radius 2 is 2.42 bits per heavy atom. The highest BCUT2D eigenvalue weighted by Gasteiger charge is 2.26. The zero-order valence-electron chi connectivity index (χ0n) is 12.2. The number of nitrogens with one attached hydrogen (secondary N) is 1. The number of thiazole rings is 1. The molecule has 2 rings (SSSR count). The van der Waals surface area contributed by atoms with Crippen molar-refractivity contribution in [1.29, 1.82) is 0 Å². The summed E-state index contributed by atoms with van der Waals surface area (Å²) in [5, 5.41) is 4.39. The average molecular weight is 283 g/mol. The van der Waals surface area contributed by atoms with Crippen molar-refractivity contribution in [1.82, 2.24) is 9.88 Å². The normalized spacial score (nSPS) is 24.6. The summed E-state index contributed by atoms with van der Waals surface area (Å²) >= 11 is 1.77. The molecule has 1 aliphatic heterocycles. The number of hydrogen-bond acceptors (Lipinski definition) is 5. The average Bonchev–Trinajstić information content (AvgIpc) is 2.86. The first kappa shape index (κ1) is 14.8. The minimum atomic E-state index is 0.374. The van der Waals surface area contributed by atoms with E-state index in [1.807, 2.05) is 13.3 Å². The molecule has 1 saturated heterocycles. The summed E-state index contributed by atoms with van der Waals surface area (Å²) in [7, 11) is 1.82. The van der Waals surface area contributed by atoms with E-state index in [2.05, 4.69) is 29.0 Å². The maximum Gasteiger partial charge on any atom is 0.182 e. The summed E-state index contributed by atoms with van der Waals surface area (Å²) in [4.78, 5) is 8.24. The molecule has 0 saturated carbocycles. The molecule has 108 valence electrons. The highest BCUT2D eigenvalue weighted by molar-refractivity contribution is 7.15. The molecule has 5 heteroatoms. The number of anilines is 1. The minimum Gasteiger partial charge on any atom is -0.380 e. The second kappa shape index (κ2) is 7.22. The molecule has 0 aromatic carbocycles.